The zero-order valence-corrected chi connectivity index (χ0v) is 9.96. The molecule has 0 amide bonds. The van der Waals surface area contributed by atoms with Gasteiger partial charge in [-0.05, 0) is 17.7 Å². The van der Waals surface area contributed by atoms with Crippen LogP contribution in [0, 0.1) is 0 Å². The van der Waals surface area contributed by atoms with Gasteiger partial charge in [-0.25, -0.2) is 0 Å². The second-order valence-electron chi connectivity index (χ2n) is 3.63. The molecule has 0 saturated carbocycles. The molecular weight excluding hydrogens is 232 g/mol. The summed E-state index contributed by atoms with van der Waals surface area (Å²) in [4.78, 5) is 7.68. The molecule has 94 valence electrons. The molecule has 0 bridgehead atoms. The third-order valence-corrected chi connectivity index (χ3v) is 2.29. The van der Waals surface area contributed by atoms with Crippen molar-refractivity contribution >= 4 is 11.8 Å². The zero-order chi connectivity index (χ0) is 13.0. The predicted molar refractivity (Wildman–Crippen MR) is 68.2 cm³/mol. The van der Waals surface area contributed by atoms with E-state index in [1.54, 1.807) is 7.11 Å². The highest BCUT2D eigenvalue weighted by Gasteiger charge is 2.01. The first-order chi connectivity index (χ1) is 8.67. The molecule has 0 atom stereocenters. The molecule has 0 aliphatic rings. The minimum atomic E-state index is 0.0970. The van der Waals surface area contributed by atoms with Gasteiger partial charge in [0.2, 0.25) is 11.8 Å². The van der Waals surface area contributed by atoms with Crippen molar-refractivity contribution in [1.82, 2.24) is 9.97 Å². The van der Waals surface area contributed by atoms with Crippen LogP contribution in [0.1, 0.15) is 5.56 Å². The molecule has 0 spiro atoms. The fourth-order valence-electron chi connectivity index (χ4n) is 1.41. The maximum Gasteiger partial charge on any atom is 0.225 e. The van der Waals surface area contributed by atoms with Crippen molar-refractivity contribution in [2.75, 3.05) is 18.6 Å². The lowest BCUT2D eigenvalue weighted by Gasteiger charge is -2.07. The van der Waals surface area contributed by atoms with Gasteiger partial charge in [-0.15, -0.1) is 0 Å². The summed E-state index contributed by atoms with van der Waals surface area (Å²) in [7, 11) is 1.62. The van der Waals surface area contributed by atoms with Crippen LogP contribution in [0.5, 0.6) is 11.6 Å². The van der Waals surface area contributed by atoms with E-state index < -0.39 is 0 Å². The Morgan fingerprint density at radius 1 is 1.11 bits per heavy atom. The van der Waals surface area contributed by atoms with Crippen LogP contribution in [0.3, 0.4) is 0 Å². The number of rotatable bonds is 4. The lowest BCUT2D eigenvalue weighted by atomic mass is 10.2. The summed E-state index contributed by atoms with van der Waals surface area (Å²) < 4.78 is 10.5. The van der Waals surface area contributed by atoms with Gasteiger partial charge in [-0.1, -0.05) is 12.1 Å². The molecule has 0 aliphatic heterocycles. The number of benzene rings is 1. The molecule has 0 fully saturated rings. The SMILES string of the molecule is COc1ccc(COc2cc(N)nc(N)n2)cc1. The van der Waals surface area contributed by atoms with Crippen molar-refractivity contribution in [3.8, 4) is 11.6 Å². The molecule has 1 aromatic carbocycles. The predicted octanol–water partition coefficient (Wildman–Crippen LogP) is 1.23. The first-order valence-electron chi connectivity index (χ1n) is 5.33. The summed E-state index contributed by atoms with van der Waals surface area (Å²) >= 11 is 0. The van der Waals surface area contributed by atoms with Gasteiger partial charge >= 0.3 is 0 Å². The van der Waals surface area contributed by atoms with E-state index in [1.165, 1.54) is 6.07 Å². The summed E-state index contributed by atoms with van der Waals surface area (Å²) in [5.41, 5.74) is 12.0. The van der Waals surface area contributed by atoms with Crippen LogP contribution in [0.25, 0.3) is 0 Å². The average molecular weight is 246 g/mol. The van der Waals surface area contributed by atoms with Crippen molar-refractivity contribution in [3.63, 3.8) is 0 Å². The van der Waals surface area contributed by atoms with Gasteiger partial charge in [0, 0.05) is 6.07 Å². The largest absolute Gasteiger partial charge is 0.497 e. The maximum absolute atomic E-state index is 5.54. The van der Waals surface area contributed by atoms with Gasteiger partial charge in [0.1, 0.15) is 18.2 Å². The Labute approximate surface area is 105 Å². The highest BCUT2D eigenvalue weighted by Crippen LogP contribution is 2.15. The second-order valence-corrected chi connectivity index (χ2v) is 3.63. The Morgan fingerprint density at radius 3 is 2.44 bits per heavy atom. The van der Waals surface area contributed by atoms with Crippen LogP contribution in [0.15, 0.2) is 30.3 Å². The van der Waals surface area contributed by atoms with Crippen LogP contribution in [-0.2, 0) is 6.61 Å². The Kier molecular flexibility index (Phi) is 3.47. The van der Waals surface area contributed by atoms with Gasteiger partial charge in [0.25, 0.3) is 0 Å². The van der Waals surface area contributed by atoms with E-state index in [9.17, 15) is 0 Å². The van der Waals surface area contributed by atoms with Crippen LogP contribution in [-0.4, -0.2) is 17.1 Å². The molecule has 1 aromatic heterocycles. The minimum absolute atomic E-state index is 0.0970. The van der Waals surface area contributed by atoms with E-state index in [0.29, 0.717) is 12.5 Å². The standard InChI is InChI=1S/C12H14N4O2/c1-17-9-4-2-8(3-5-9)7-18-11-6-10(13)15-12(14)16-11/h2-6H,7H2,1H3,(H4,13,14,15,16). The topological polar surface area (TPSA) is 96.3 Å². The lowest BCUT2D eigenvalue weighted by molar-refractivity contribution is 0.294. The molecule has 1 heterocycles. The Balaban J connectivity index is 2.01. The normalized spacial score (nSPS) is 10.1. The number of nitrogens with two attached hydrogens (primary N) is 2. The molecule has 0 radical (unpaired) electrons. The highest BCUT2D eigenvalue weighted by molar-refractivity contribution is 5.38. The summed E-state index contributed by atoms with van der Waals surface area (Å²) in [6.45, 7) is 0.375. The van der Waals surface area contributed by atoms with Gasteiger partial charge in [-0.3, -0.25) is 0 Å². The summed E-state index contributed by atoms with van der Waals surface area (Å²) in [6.07, 6.45) is 0. The number of hydrogen-bond donors (Lipinski definition) is 2. The van der Waals surface area contributed by atoms with Crippen molar-refractivity contribution in [1.29, 1.82) is 0 Å². The Hall–Kier alpha value is -2.50. The van der Waals surface area contributed by atoms with Crippen LogP contribution >= 0.6 is 0 Å². The van der Waals surface area contributed by atoms with Crippen molar-refractivity contribution in [2.45, 2.75) is 6.61 Å². The number of ether oxygens (including phenoxy) is 2. The molecule has 18 heavy (non-hydrogen) atoms. The second kappa shape index (κ2) is 5.22. The van der Waals surface area contributed by atoms with Crippen LogP contribution < -0.4 is 20.9 Å². The number of methoxy groups -OCH3 is 1. The minimum Gasteiger partial charge on any atom is -0.497 e. The number of aromatic nitrogens is 2. The smallest absolute Gasteiger partial charge is 0.225 e. The molecule has 2 rings (SSSR count). The first kappa shape index (κ1) is 12.0. The number of hydrogen-bond acceptors (Lipinski definition) is 6. The highest BCUT2D eigenvalue weighted by atomic mass is 16.5. The van der Waals surface area contributed by atoms with E-state index in [1.807, 2.05) is 24.3 Å². The van der Waals surface area contributed by atoms with E-state index in [-0.39, 0.29) is 11.8 Å². The van der Waals surface area contributed by atoms with E-state index in [4.69, 9.17) is 20.9 Å². The van der Waals surface area contributed by atoms with E-state index in [2.05, 4.69) is 9.97 Å². The van der Waals surface area contributed by atoms with Crippen LogP contribution in [0.4, 0.5) is 11.8 Å². The molecular formula is C12H14N4O2. The maximum atomic E-state index is 5.54. The van der Waals surface area contributed by atoms with Gasteiger partial charge in [-0.2, -0.15) is 9.97 Å². The number of anilines is 2. The summed E-state index contributed by atoms with van der Waals surface area (Å²) in [5, 5.41) is 0. The fourth-order valence-corrected chi connectivity index (χ4v) is 1.41. The monoisotopic (exact) mass is 246 g/mol. The van der Waals surface area contributed by atoms with E-state index >= 15 is 0 Å². The Morgan fingerprint density at radius 2 is 1.83 bits per heavy atom. The van der Waals surface area contributed by atoms with E-state index in [0.717, 1.165) is 11.3 Å². The van der Waals surface area contributed by atoms with Crippen molar-refractivity contribution in [2.24, 2.45) is 0 Å². The van der Waals surface area contributed by atoms with Crippen molar-refractivity contribution in [3.05, 3.63) is 35.9 Å². The van der Waals surface area contributed by atoms with Crippen molar-refractivity contribution < 1.29 is 9.47 Å². The summed E-state index contributed by atoms with van der Waals surface area (Å²) in [6, 6.07) is 9.07. The quantitative estimate of drug-likeness (QED) is 0.842. The third-order valence-electron chi connectivity index (χ3n) is 2.29. The molecule has 2 aromatic rings. The summed E-state index contributed by atoms with van der Waals surface area (Å²) in [5.74, 6) is 1.54. The fraction of sp³-hybridized carbons (Fsp3) is 0.167. The molecule has 0 aliphatic carbocycles. The first-order valence-corrected chi connectivity index (χ1v) is 5.33. The zero-order valence-electron chi connectivity index (χ0n) is 9.96. The Bertz CT molecular complexity index is 508. The third kappa shape index (κ3) is 3.00. The molecule has 0 saturated heterocycles. The van der Waals surface area contributed by atoms with Gasteiger partial charge < -0.3 is 20.9 Å². The number of nitrogen functional groups attached to an aromatic ring is 2. The number of nitrogens with zero attached hydrogens (tertiary/aromatic N) is 2. The van der Waals surface area contributed by atoms with Gasteiger partial charge in [0.15, 0.2) is 0 Å². The van der Waals surface area contributed by atoms with Crippen LogP contribution in [0.2, 0.25) is 0 Å². The average Bonchev–Trinajstić information content (AvgIpc) is 2.36. The molecule has 6 heteroatoms. The van der Waals surface area contributed by atoms with Gasteiger partial charge in [0.05, 0.1) is 7.11 Å². The molecule has 6 nitrogen and oxygen atoms in total. The molecule has 0 unspecified atom stereocenters. The molecule has 4 N–H and O–H groups in total. The lowest BCUT2D eigenvalue weighted by Crippen LogP contribution is -2.03.